The van der Waals surface area contributed by atoms with E-state index in [4.69, 9.17) is 4.74 Å². The van der Waals surface area contributed by atoms with E-state index in [0.29, 0.717) is 12.0 Å². The number of aliphatic hydroxyl groups is 1. The minimum atomic E-state index is -0.703. The van der Waals surface area contributed by atoms with E-state index in [1.165, 1.54) is 6.92 Å². The third-order valence-electron chi connectivity index (χ3n) is 5.36. The summed E-state index contributed by atoms with van der Waals surface area (Å²) in [4.78, 5) is 11.8. The number of ether oxygens (including phenoxy) is 1. The molecule has 5 nitrogen and oxygen atoms in total. The summed E-state index contributed by atoms with van der Waals surface area (Å²) < 4.78 is 6.21. The number of carbonyl (C=O) groups is 1. The molecule has 0 radical (unpaired) electrons. The van der Waals surface area contributed by atoms with Gasteiger partial charge in [-0.3, -0.25) is 4.79 Å². The summed E-state index contributed by atoms with van der Waals surface area (Å²) in [5.74, 6) is 0.0563. The molecule has 0 saturated carbocycles. The van der Waals surface area contributed by atoms with Gasteiger partial charge in [0.05, 0.1) is 12.2 Å². The van der Waals surface area contributed by atoms with Gasteiger partial charge in [-0.15, -0.1) is 0 Å². The highest BCUT2D eigenvalue weighted by molar-refractivity contribution is 5.74. The van der Waals surface area contributed by atoms with Crippen molar-refractivity contribution in [3.05, 3.63) is 41.5 Å². The monoisotopic (exact) mass is 331 g/mol. The smallest absolute Gasteiger partial charge is 0.217 e. The molecule has 1 aromatic rings. The molecule has 0 unspecified atom stereocenters. The lowest BCUT2D eigenvalue weighted by Crippen LogP contribution is -2.62. The zero-order chi connectivity index (χ0) is 17.5. The summed E-state index contributed by atoms with van der Waals surface area (Å²) in [5.41, 5.74) is 1.06. The molecule has 0 aromatic heterocycles. The maximum Gasteiger partial charge on any atom is 0.217 e. The Bertz CT molecular complexity index is 671. The minimum Gasteiger partial charge on any atom is -0.508 e. The van der Waals surface area contributed by atoms with Gasteiger partial charge < -0.3 is 20.3 Å². The number of aliphatic hydroxyl groups excluding tert-OH is 1. The third-order valence-corrected chi connectivity index (χ3v) is 5.36. The lowest BCUT2D eigenvalue weighted by atomic mass is 9.68. The molecule has 1 fully saturated rings. The average Bonchev–Trinajstić information content (AvgIpc) is 2.50. The number of rotatable bonds is 2. The highest BCUT2D eigenvalue weighted by atomic mass is 16.5. The lowest BCUT2D eigenvalue weighted by molar-refractivity contribution is -0.165. The van der Waals surface area contributed by atoms with Crippen LogP contribution in [0.25, 0.3) is 0 Å². The Morgan fingerprint density at radius 1 is 1.38 bits per heavy atom. The Morgan fingerprint density at radius 3 is 2.75 bits per heavy atom. The Balaban J connectivity index is 1.99. The van der Waals surface area contributed by atoms with Crippen LogP contribution in [0.5, 0.6) is 5.75 Å². The number of para-hydroxylation sites is 1. The van der Waals surface area contributed by atoms with Crippen LogP contribution < -0.4 is 5.32 Å². The molecule has 1 amide bonds. The first-order valence-electron chi connectivity index (χ1n) is 8.38. The van der Waals surface area contributed by atoms with Crippen LogP contribution in [0.1, 0.15) is 45.3 Å². The standard InChI is InChI=1S/C19H25NO4/c1-11-8-9-14-18(17(11)23)24-16(10-19(14,3)20-12(2)21)13-6-4-5-7-15(13)22/h4-8,14,16-18,22-23H,9-10H2,1-3H3,(H,20,21)/t14-,16+,17-,18-,19-/m1/s1. The molecular weight excluding hydrogens is 306 g/mol. The molecule has 5 heteroatoms. The van der Waals surface area contributed by atoms with E-state index in [0.717, 1.165) is 12.0 Å². The summed E-state index contributed by atoms with van der Waals surface area (Å²) in [6.07, 6.45) is 1.82. The number of nitrogens with one attached hydrogen (secondary N) is 1. The molecule has 1 heterocycles. The fourth-order valence-electron chi connectivity index (χ4n) is 4.10. The Labute approximate surface area is 142 Å². The lowest BCUT2D eigenvalue weighted by Gasteiger charge is -2.52. The highest BCUT2D eigenvalue weighted by Gasteiger charge is 2.51. The molecule has 24 heavy (non-hydrogen) atoms. The van der Waals surface area contributed by atoms with Gasteiger partial charge in [0.1, 0.15) is 11.9 Å². The number of allylic oxidation sites excluding steroid dienone is 1. The van der Waals surface area contributed by atoms with Gasteiger partial charge >= 0.3 is 0 Å². The predicted octanol–water partition coefficient (Wildman–Crippen LogP) is 2.44. The number of fused-ring (bicyclic) bond motifs is 1. The van der Waals surface area contributed by atoms with Crippen molar-refractivity contribution in [3.8, 4) is 5.75 Å². The summed E-state index contributed by atoms with van der Waals surface area (Å²) in [7, 11) is 0. The van der Waals surface area contributed by atoms with Crippen molar-refractivity contribution in [2.24, 2.45) is 5.92 Å². The molecule has 130 valence electrons. The number of aromatic hydroxyl groups is 1. The normalized spacial score (nSPS) is 35.8. The van der Waals surface area contributed by atoms with E-state index in [1.54, 1.807) is 12.1 Å². The molecule has 1 aliphatic carbocycles. The second kappa shape index (κ2) is 6.22. The number of hydrogen-bond acceptors (Lipinski definition) is 4. The summed E-state index contributed by atoms with van der Waals surface area (Å²) >= 11 is 0. The zero-order valence-electron chi connectivity index (χ0n) is 14.3. The molecular formula is C19H25NO4. The summed E-state index contributed by atoms with van der Waals surface area (Å²) in [6.45, 7) is 5.40. The second-order valence-corrected chi connectivity index (χ2v) is 7.19. The van der Waals surface area contributed by atoms with Crippen molar-refractivity contribution in [2.75, 3.05) is 0 Å². The van der Waals surface area contributed by atoms with Crippen LogP contribution in [0.2, 0.25) is 0 Å². The van der Waals surface area contributed by atoms with Crippen LogP contribution in [-0.2, 0) is 9.53 Å². The van der Waals surface area contributed by atoms with Crippen LogP contribution in [0, 0.1) is 5.92 Å². The first-order chi connectivity index (χ1) is 11.3. The second-order valence-electron chi connectivity index (χ2n) is 7.19. The van der Waals surface area contributed by atoms with Gasteiger partial charge in [0, 0.05) is 30.4 Å². The van der Waals surface area contributed by atoms with E-state index in [2.05, 4.69) is 5.32 Å². The quantitative estimate of drug-likeness (QED) is 0.727. The van der Waals surface area contributed by atoms with Crippen molar-refractivity contribution in [3.63, 3.8) is 0 Å². The number of amides is 1. The van der Waals surface area contributed by atoms with Gasteiger partial charge in [0.15, 0.2) is 0 Å². The number of phenols is 1. The van der Waals surface area contributed by atoms with Gasteiger partial charge in [-0.1, -0.05) is 24.3 Å². The van der Waals surface area contributed by atoms with Gasteiger partial charge in [-0.05, 0) is 31.9 Å². The van der Waals surface area contributed by atoms with Crippen LogP contribution in [0.4, 0.5) is 0 Å². The van der Waals surface area contributed by atoms with Gasteiger partial charge in [-0.2, -0.15) is 0 Å². The van der Waals surface area contributed by atoms with E-state index < -0.39 is 17.7 Å². The molecule has 0 bridgehead atoms. The maximum absolute atomic E-state index is 11.8. The van der Waals surface area contributed by atoms with E-state index in [1.807, 2.05) is 32.1 Å². The Hall–Kier alpha value is -1.85. The van der Waals surface area contributed by atoms with Crippen molar-refractivity contribution in [1.29, 1.82) is 0 Å². The van der Waals surface area contributed by atoms with Crippen molar-refractivity contribution in [2.45, 2.75) is 57.5 Å². The molecule has 2 aliphatic rings. The predicted molar refractivity (Wildman–Crippen MR) is 90.4 cm³/mol. The molecule has 0 spiro atoms. The largest absolute Gasteiger partial charge is 0.508 e. The first kappa shape index (κ1) is 17.0. The summed E-state index contributed by atoms with van der Waals surface area (Å²) in [5, 5.41) is 23.9. The Kier molecular flexibility index (Phi) is 4.40. The number of phenolic OH excluding ortho intramolecular Hbond substituents is 1. The molecule has 1 saturated heterocycles. The van der Waals surface area contributed by atoms with E-state index in [-0.39, 0.29) is 23.7 Å². The first-order valence-corrected chi connectivity index (χ1v) is 8.38. The van der Waals surface area contributed by atoms with Gasteiger partial charge in [0.25, 0.3) is 0 Å². The fourth-order valence-corrected chi connectivity index (χ4v) is 4.10. The molecule has 1 aliphatic heterocycles. The fraction of sp³-hybridized carbons (Fsp3) is 0.526. The zero-order valence-corrected chi connectivity index (χ0v) is 14.3. The highest BCUT2D eigenvalue weighted by Crippen LogP contribution is 2.47. The molecule has 1 aromatic carbocycles. The molecule has 5 atom stereocenters. The van der Waals surface area contributed by atoms with Gasteiger partial charge in [0.2, 0.25) is 5.91 Å². The number of carbonyl (C=O) groups excluding carboxylic acids is 1. The summed E-state index contributed by atoms with van der Waals surface area (Å²) in [6, 6.07) is 7.07. The Morgan fingerprint density at radius 2 is 2.08 bits per heavy atom. The molecule has 3 N–H and O–H groups in total. The van der Waals surface area contributed by atoms with Crippen LogP contribution in [0.15, 0.2) is 35.9 Å². The van der Waals surface area contributed by atoms with E-state index in [9.17, 15) is 15.0 Å². The number of benzene rings is 1. The minimum absolute atomic E-state index is 0.0118. The maximum atomic E-state index is 11.8. The van der Waals surface area contributed by atoms with Crippen LogP contribution >= 0.6 is 0 Å². The van der Waals surface area contributed by atoms with Gasteiger partial charge in [-0.25, -0.2) is 0 Å². The third kappa shape index (κ3) is 2.94. The van der Waals surface area contributed by atoms with Crippen LogP contribution in [-0.4, -0.2) is 33.9 Å². The average molecular weight is 331 g/mol. The number of hydrogen-bond donors (Lipinski definition) is 3. The topological polar surface area (TPSA) is 78.8 Å². The van der Waals surface area contributed by atoms with Crippen LogP contribution in [0.3, 0.4) is 0 Å². The van der Waals surface area contributed by atoms with Crippen molar-refractivity contribution < 1.29 is 19.7 Å². The van der Waals surface area contributed by atoms with Crippen molar-refractivity contribution >= 4 is 5.91 Å². The van der Waals surface area contributed by atoms with E-state index >= 15 is 0 Å². The van der Waals surface area contributed by atoms with Crippen molar-refractivity contribution in [1.82, 2.24) is 5.32 Å². The SMILES string of the molecule is CC(=O)N[C@]1(C)C[C@@H](c2ccccc2O)O[C@H]2[C@H](O)C(C)=CC[C@H]21. The molecule has 3 rings (SSSR count).